The minimum Gasteiger partial charge on any atom is -0.335 e. The van der Waals surface area contributed by atoms with Crippen molar-refractivity contribution in [2.24, 2.45) is 11.7 Å². The van der Waals surface area contributed by atoms with Gasteiger partial charge in [0.05, 0.1) is 0 Å². The number of carbonyl (C=O) groups excluding carboxylic acids is 1. The number of amides is 1. The summed E-state index contributed by atoms with van der Waals surface area (Å²) in [5.41, 5.74) is 7.14. The molecule has 1 aliphatic rings. The predicted molar refractivity (Wildman–Crippen MR) is 82.5 cm³/mol. The van der Waals surface area contributed by atoms with Crippen LogP contribution >= 0.6 is 11.6 Å². The minimum atomic E-state index is -0.0611. The molecule has 0 aliphatic heterocycles. The summed E-state index contributed by atoms with van der Waals surface area (Å²) in [4.78, 5) is 14.4. The molecular formula is C16H23ClN2O. The Balaban J connectivity index is 2.00. The van der Waals surface area contributed by atoms with Crippen molar-refractivity contribution in [1.29, 1.82) is 0 Å². The van der Waals surface area contributed by atoms with Crippen molar-refractivity contribution in [1.82, 2.24) is 4.90 Å². The molecule has 0 radical (unpaired) electrons. The van der Waals surface area contributed by atoms with Crippen LogP contribution in [0.25, 0.3) is 0 Å². The summed E-state index contributed by atoms with van der Waals surface area (Å²) in [7, 11) is 0. The summed E-state index contributed by atoms with van der Waals surface area (Å²) in [5, 5.41) is 0.722. The lowest BCUT2D eigenvalue weighted by atomic mass is 10.0. The van der Waals surface area contributed by atoms with Crippen LogP contribution in [0.3, 0.4) is 0 Å². The van der Waals surface area contributed by atoms with Crippen molar-refractivity contribution in [2.45, 2.75) is 51.7 Å². The van der Waals surface area contributed by atoms with Crippen LogP contribution in [0.15, 0.2) is 24.3 Å². The molecule has 1 atom stereocenters. The first-order valence-corrected chi connectivity index (χ1v) is 7.64. The maximum Gasteiger partial charge on any atom is 0.224 e. The van der Waals surface area contributed by atoms with Crippen molar-refractivity contribution in [3.8, 4) is 0 Å². The topological polar surface area (TPSA) is 46.3 Å². The van der Waals surface area contributed by atoms with E-state index in [2.05, 4.69) is 13.8 Å². The van der Waals surface area contributed by atoms with Crippen LogP contribution in [0, 0.1) is 5.92 Å². The van der Waals surface area contributed by atoms with Gasteiger partial charge in [0.25, 0.3) is 0 Å². The van der Waals surface area contributed by atoms with Gasteiger partial charge in [0, 0.05) is 30.1 Å². The zero-order chi connectivity index (χ0) is 14.7. The number of rotatable bonds is 6. The molecule has 1 amide bonds. The van der Waals surface area contributed by atoms with Gasteiger partial charge < -0.3 is 10.6 Å². The summed E-state index contributed by atoms with van der Waals surface area (Å²) < 4.78 is 0. The van der Waals surface area contributed by atoms with Crippen molar-refractivity contribution >= 4 is 17.5 Å². The molecular weight excluding hydrogens is 272 g/mol. The molecule has 2 N–H and O–H groups in total. The van der Waals surface area contributed by atoms with E-state index in [1.807, 2.05) is 29.2 Å². The molecule has 0 bridgehead atoms. The fourth-order valence-corrected chi connectivity index (χ4v) is 2.27. The number of benzene rings is 1. The van der Waals surface area contributed by atoms with E-state index in [-0.39, 0.29) is 11.9 Å². The van der Waals surface area contributed by atoms with Crippen molar-refractivity contribution in [3.05, 3.63) is 34.9 Å². The third-order valence-corrected chi connectivity index (χ3v) is 4.09. The fourth-order valence-electron chi connectivity index (χ4n) is 2.15. The van der Waals surface area contributed by atoms with E-state index < -0.39 is 0 Å². The third-order valence-electron chi connectivity index (χ3n) is 3.84. The standard InChI is InChI=1S/C16H23ClN2O/c1-11(2)15(18)9-16(20)19(14-7-8-14)10-12-3-5-13(17)6-4-12/h3-6,11,14-15H,7-10,18H2,1-2H3. The van der Waals surface area contributed by atoms with E-state index >= 15 is 0 Å². The molecule has 0 heterocycles. The van der Waals surface area contributed by atoms with E-state index in [4.69, 9.17) is 17.3 Å². The van der Waals surface area contributed by atoms with E-state index in [1.54, 1.807) is 0 Å². The van der Waals surface area contributed by atoms with Crippen LogP contribution in [-0.4, -0.2) is 22.9 Å². The molecule has 1 fully saturated rings. The molecule has 0 spiro atoms. The lowest BCUT2D eigenvalue weighted by molar-refractivity contribution is -0.133. The Morgan fingerprint density at radius 1 is 1.35 bits per heavy atom. The molecule has 1 aromatic carbocycles. The molecule has 4 heteroatoms. The van der Waals surface area contributed by atoms with Gasteiger partial charge in [-0.2, -0.15) is 0 Å². The maximum atomic E-state index is 12.4. The summed E-state index contributed by atoms with van der Waals surface area (Å²) in [6, 6.07) is 8.03. The Hall–Kier alpha value is -1.06. The maximum absolute atomic E-state index is 12.4. The number of nitrogens with two attached hydrogens (primary N) is 1. The van der Waals surface area contributed by atoms with Crippen molar-refractivity contribution < 1.29 is 4.79 Å². The van der Waals surface area contributed by atoms with Gasteiger partial charge in [-0.1, -0.05) is 37.6 Å². The molecule has 1 aromatic rings. The van der Waals surface area contributed by atoms with Gasteiger partial charge >= 0.3 is 0 Å². The number of halogens is 1. The second-order valence-electron chi connectivity index (χ2n) is 5.99. The van der Waals surface area contributed by atoms with Gasteiger partial charge in [-0.15, -0.1) is 0 Å². The van der Waals surface area contributed by atoms with Crippen LogP contribution in [0.2, 0.25) is 5.02 Å². The van der Waals surface area contributed by atoms with Gasteiger partial charge in [0.2, 0.25) is 5.91 Å². The average Bonchev–Trinajstić information content (AvgIpc) is 3.22. The van der Waals surface area contributed by atoms with E-state index in [1.165, 1.54) is 0 Å². The summed E-state index contributed by atoms with van der Waals surface area (Å²) in [6.45, 7) is 4.77. The Kier molecular flexibility index (Phi) is 5.06. The smallest absolute Gasteiger partial charge is 0.224 e. The lowest BCUT2D eigenvalue weighted by Crippen LogP contribution is -2.38. The second kappa shape index (κ2) is 6.59. The van der Waals surface area contributed by atoms with Gasteiger partial charge in [0.1, 0.15) is 0 Å². The first kappa shape index (κ1) is 15.3. The number of nitrogens with zero attached hydrogens (tertiary/aromatic N) is 1. The second-order valence-corrected chi connectivity index (χ2v) is 6.43. The van der Waals surface area contributed by atoms with Crippen molar-refractivity contribution in [2.75, 3.05) is 0 Å². The van der Waals surface area contributed by atoms with Crippen LogP contribution < -0.4 is 5.73 Å². The molecule has 1 unspecified atom stereocenters. The van der Waals surface area contributed by atoms with Crippen LogP contribution in [0.1, 0.15) is 38.7 Å². The Labute approximate surface area is 126 Å². The van der Waals surface area contributed by atoms with Gasteiger partial charge in [-0.05, 0) is 36.5 Å². The minimum absolute atomic E-state index is 0.0611. The van der Waals surface area contributed by atoms with Crippen LogP contribution in [-0.2, 0) is 11.3 Å². The highest BCUT2D eigenvalue weighted by Gasteiger charge is 2.33. The first-order chi connectivity index (χ1) is 9.47. The molecule has 3 nitrogen and oxygen atoms in total. The van der Waals surface area contributed by atoms with E-state index in [0.29, 0.717) is 24.9 Å². The summed E-state index contributed by atoms with van der Waals surface area (Å²) in [6.07, 6.45) is 2.65. The van der Waals surface area contributed by atoms with E-state index in [9.17, 15) is 4.79 Å². The molecule has 20 heavy (non-hydrogen) atoms. The summed E-state index contributed by atoms with van der Waals surface area (Å²) >= 11 is 5.89. The summed E-state index contributed by atoms with van der Waals surface area (Å²) in [5.74, 6) is 0.499. The zero-order valence-electron chi connectivity index (χ0n) is 12.2. The largest absolute Gasteiger partial charge is 0.335 e. The molecule has 1 saturated carbocycles. The Morgan fingerprint density at radius 3 is 2.45 bits per heavy atom. The van der Waals surface area contributed by atoms with Crippen LogP contribution in [0.4, 0.5) is 0 Å². The van der Waals surface area contributed by atoms with Gasteiger partial charge in [0.15, 0.2) is 0 Å². The molecule has 2 rings (SSSR count). The van der Waals surface area contributed by atoms with Crippen molar-refractivity contribution in [3.63, 3.8) is 0 Å². The highest BCUT2D eigenvalue weighted by Crippen LogP contribution is 2.29. The highest BCUT2D eigenvalue weighted by atomic mass is 35.5. The molecule has 110 valence electrons. The monoisotopic (exact) mass is 294 g/mol. The first-order valence-electron chi connectivity index (χ1n) is 7.27. The molecule has 0 saturated heterocycles. The lowest BCUT2D eigenvalue weighted by Gasteiger charge is -2.25. The van der Waals surface area contributed by atoms with E-state index in [0.717, 1.165) is 23.4 Å². The average molecular weight is 295 g/mol. The SMILES string of the molecule is CC(C)C(N)CC(=O)N(Cc1ccc(Cl)cc1)C1CC1. The van der Waals surface area contributed by atoms with Gasteiger partial charge in [-0.25, -0.2) is 0 Å². The number of hydrogen-bond donors (Lipinski definition) is 1. The normalized spacial score (nSPS) is 16.2. The molecule has 0 aromatic heterocycles. The number of carbonyl (C=O) groups is 1. The number of hydrogen-bond acceptors (Lipinski definition) is 2. The fraction of sp³-hybridized carbons (Fsp3) is 0.562. The third kappa shape index (κ3) is 4.22. The zero-order valence-corrected chi connectivity index (χ0v) is 12.9. The molecule has 1 aliphatic carbocycles. The Morgan fingerprint density at radius 2 is 1.95 bits per heavy atom. The highest BCUT2D eigenvalue weighted by molar-refractivity contribution is 6.30. The quantitative estimate of drug-likeness (QED) is 0.876. The van der Waals surface area contributed by atoms with Crippen LogP contribution in [0.5, 0.6) is 0 Å². The van der Waals surface area contributed by atoms with Gasteiger partial charge in [-0.3, -0.25) is 4.79 Å². The predicted octanol–water partition coefficient (Wildman–Crippen LogP) is 3.20. The Bertz CT molecular complexity index is 454.